The van der Waals surface area contributed by atoms with Crippen LogP contribution in [-0.2, 0) is 15.0 Å². The molecule has 0 saturated carbocycles. The summed E-state index contributed by atoms with van der Waals surface area (Å²) in [5.41, 5.74) is 2.37. The Morgan fingerprint density at radius 3 is 2.27 bits per heavy atom. The van der Waals surface area contributed by atoms with E-state index in [1.807, 2.05) is 26.8 Å². The van der Waals surface area contributed by atoms with Crippen LogP contribution in [-0.4, -0.2) is 31.0 Å². The van der Waals surface area contributed by atoms with E-state index < -0.39 is 17.7 Å². The Labute approximate surface area is 216 Å². The summed E-state index contributed by atoms with van der Waals surface area (Å²) in [5.74, 6) is -1.03. The summed E-state index contributed by atoms with van der Waals surface area (Å²) in [6, 6.07) is 19.9. The van der Waals surface area contributed by atoms with Crippen LogP contribution in [0.1, 0.15) is 49.1 Å². The van der Waals surface area contributed by atoms with Gasteiger partial charge in [-0.05, 0) is 65.1 Å². The Bertz CT molecular complexity index is 1440. The van der Waals surface area contributed by atoms with Crippen LogP contribution in [0.4, 0.5) is 5.69 Å². The van der Waals surface area contributed by atoms with Gasteiger partial charge in [-0.15, -0.1) is 0 Å². The third-order valence-corrected chi connectivity index (χ3v) is 6.45. The molecule has 1 amide bonds. The van der Waals surface area contributed by atoms with E-state index in [-0.39, 0.29) is 16.7 Å². The quantitative estimate of drug-likeness (QED) is 0.284. The number of nitriles is 1. The van der Waals surface area contributed by atoms with Crippen molar-refractivity contribution in [1.29, 1.82) is 5.26 Å². The standard InChI is InChI=1S/C30H28N2O5/c1-30(2,3)20-11-14-24(37-5)23(16-20)27(33)25-26(19-7-6-8-22(15-19)36-4)32(29(35)28(25)34)21-12-9-18(17-31)10-13-21/h6-16,26,33H,1-5H3/b27-25+. The highest BCUT2D eigenvalue weighted by Crippen LogP contribution is 2.44. The highest BCUT2D eigenvalue weighted by Gasteiger charge is 2.47. The molecule has 0 aromatic heterocycles. The molecule has 188 valence electrons. The van der Waals surface area contributed by atoms with E-state index in [4.69, 9.17) is 9.47 Å². The summed E-state index contributed by atoms with van der Waals surface area (Å²) in [6.45, 7) is 6.12. The lowest BCUT2D eigenvalue weighted by atomic mass is 9.85. The maximum atomic E-state index is 13.5. The summed E-state index contributed by atoms with van der Waals surface area (Å²) >= 11 is 0. The number of carbonyl (C=O) groups excluding carboxylic acids is 2. The summed E-state index contributed by atoms with van der Waals surface area (Å²) in [6.07, 6.45) is 0. The van der Waals surface area contributed by atoms with Crippen LogP contribution in [0.15, 0.2) is 72.3 Å². The molecule has 0 spiro atoms. The van der Waals surface area contributed by atoms with Gasteiger partial charge >= 0.3 is 0 Å². The van der Waals surface area contributed by atoms with Gasteiger partial charge < -0.3 is 14.6 Å². The SMILES string of the molecule is COc1cccc(C2/C(=C(\O)c3cc(C(C)(C)C)ccc3OC)C(=O)C(=O)N2c2ccc(C#N)cc2)c1. The summed E-state index contributed by atoms with van der Waals surface area (Å²) in [4.78, 5) is 28.3. The monoisotopic (exact) mass is 496 g/mol. The molecule has 4 rings (SSSR count). The number of ether oxygens (including phenoxy) is 2. The molecule has 1 atom stereocenters. The molecule has 1 aliphatic heterocycles. The van der Waals surface area contributed by atoms with Crippen LogP contribution in [0.2, 0.25) is 0 Å². The predicted molar refractivity (Wildman–Crippen MR) is 141 cm³/mol. The van der Waals surface area contributed by atoms with Crippen LogP contribution < -0.4 is 14.4 Å². The molecule has 1 saturated heterocycles. The number of ketones is 1. The molecule has 0 bridgehead atoms. The molecule has 37 heavy (non-hydrogen) atoms. The molecular formula is C30H28N2O5. The van der Waals surface area contributed by atoms with Crippen molar-refractivity contribution in [3.8, 4) is 17.6 Å². The Hall–Kier alpha value is -4.57. The van der Waals surface area contributed by atoms with Crippen LogP contribution in [0.5, 0.6) is 11.5 Å². The van der Waals surface area contributed by atoms with E-state index in [9.17, 15) is 20.0 Å². The number of anilines is 1. The first-order chi connectivity index (χ1) is 17.6. The molecule has 1 N–H and O–H groups in total. The molecule has 1 unspecified atom stereocenters. The summed E-state index contributed by atoms with van der Waals surface area (Å²) in [7, 11) is 3.01. The van der Waals surface area contributed by atoms with Gasteiger partial charge in [0.25, 0.3) is 11.7 Å². The fourth-order valence-corrected chi connectivity index (χ4v) is 4.43. The second-order valence-corrected chi connectivity index (χ2v) is 9.77. The van der Waals surface area contributed by atoms with Crippen molar-refractivity contribution in [3.05, 3.63) is 94.6 Å². The Balaban J connectivity index is 2.00. The first kappa shape index (κ1) is 25.5. The van der Waals surface area contributed by atoms with Gasteiger partial charge in [0, 0.05) is 5.69 Å². The number of Topliss-reactive ketones (excluding diaryl/α,β-unsaturated/α-hetero) is 1. The Morgan fingerprint density at radius 1 is 0.973 bits per heavy atom. The highest BCUT2D eigenvalue weighted by atomic mass is 16.5. The number of aliphatic hydroxyl groups excluding tert-OH is 1. The fraction of sp³-hybridized carbons (Fsp3) is 0.233. The minimum Gasteiger partial charge on any atom is -0.507 e. The number of nitrogens with zero attached hydrogens (tertiary/aromatic N) is 2. The Kier molecular flexibility index (Phi) is 6.78. The van der Waals surface area contributed by atoms with Crippen LogP contribution in [0.3, 0.4) is 0 Å². The van der Waals surface area contributed by atoms with Crippen molar-refractivity contribution >= 4 is 23.1 Å². The minimum atomic E-state index is -0.939. The van der Waals surface area contributed by atoms with E-state index in [1.165, 1.54) is 19.1 Å². The van der Waals surface area contributed by atoms with E-state index in [0.29, 0.717) is 33.9 Å². The molecular weight excluding hydrogens is 468 g/mol. The third kappa shape index (κ3) is 4.66. The normalized spacial score (nSPS) is 17.0. The topological polar surface area (TPSA) is 99.9 Å². The van der Waals surface area contributed by atoms with E-state index in [0.717, 1.165) is 5.56 Å². The van der Waals surface area contributed by atoms with Gasteiger partial charge in [-0.25, -0.2) is 0 Å². The molecule has 7 heteroatoms. The fourth-order valence-electron chi connectivity index (χ4n) is 4.43. The number of hydrogen-bond acceptors (Lipinski definition) is 6. The van der Waals surface area contributed by atoms with Crippen LogP contribution in [0, 0.1) is 11.3 Å². The smallest absolute Gasteiger partial charge is 0.300 e. The van der Waals surface area contributed by atoms with Crippen molar-refractivity contribution in [3.63, 3.8) is 0 Å². The van der Waals surface area contributed by atoms with Gasteiger partial charge in [0.2, 0.25) is 0 Å². The van der Waals surface area contributed by atoms with E-state index in [2.05, 4.69) is 6.07 Å². The molecule has 3 aromatic carbocycles. The molecule has 1 fully saturated rings. The molecule has 0 radical (unpaired) electrons. The predicted octanol–water partition coefficient (Wildman–Crippen LogP) is 5.50. The maximum Gasteiger partial charge on any atom is 0.300 e. The van der Waals surface area contributed by atoms with Crippen LogP contribution >= 0.6 is 0 Å². The maximum absolute atomic E-state index is 13.5. The number of methoxy groups -OCH3 is 2. The van der Waals surface area contributed by atoms with Crippen molar-refractivity contribution in [1.82, 2.24) is 0 Å². The lowest BCUT2D eigenvalue weighted by molar-refractivity contribution is -0.132. The van der Waals surface area contributed by atoms with Gasteiger partial charge in [-0.1, -0.05) is 39.0 Å². The molecule has 1 aliphatic rings. The van der Waals surface area contributed by atoms with Crippen molar-refractivity contribution in [2.24, 2.45) is 0 Å². The first-order valence-corrected chi connectivity index (χ1v) is 11.7. The number of carbonyl (C=O) groups is 2. The summed E-state index contributed by atoms with van der Waals surface area (Å²) in [5, 5.41) is 20.8. The third-order valence-electron chi connectivity index (χ3n) is 6.45. The van der Waals surface area contributed by atoms with Crippen molar-refractivity contribution in [2.75, 3.05) is 19.1 Å². The number of aliphatic hydroxyl groups is 1. The zero-order chi connectivity index (χ0) is 26.9. The second-order valence-electron chi connectivity index (χ2n) is 9.77. The second kappa shape index (κ2) is 9.82. The van der Waals surface area contributed by atoms with Crippen LogP contribution in [0.25, 0.3) is 5.76 Å². The molecule has 0 aliphatic carbocycles. The van der Waals surface area contributed by atoms with Gasteiger partial charge in [-0.2, -0.15) is 5.26 Å². The molecule has 1 heterocycles. The van der Waals surface area contributed by atoms with E-state index in [1.54, 1.807) is 60.7 Å². The average Bonchev–Trinajstić information content (AvgIpc) is 3.17. The largest absolute Gasteiger partial charge is 0.507 e. The number of amides is 1. The zero-order valence-corrected chi connectivity index (χ0v) is 21.4. The van der Waals surface area contributed by atoms with Gasteiger partial charge in [0.15, 0.2) is 0 Å². The number of rotatable bonds is 5. The lowest BCUT2D eigenvalue weighted by Crippen LogP contribution is -2.29. The van der Waals surface area contributed by atoms with Crippen molar-refractivity contribution in [2.45, 2.75) is 32.2 Å². The molecule has 7 nitrogen and oxygen atoms in total. The average molecular weight is 497 g/mol. The van der Waals surface area contributed by atoms with Gasteiger partial charge in [-0.3, -0.25) is 14.5 Å². The zero-order valence-electron chi connectivity index (χ0n) is 21.4. The van der Waals surface area contributed by atoms with E-state index >= 15 is 0 Å². The highest BCUT2D eigenvalue weighted by molar-refractivity contribution is 6.51. The Morgan fingerprint density at radius 2 is 1.68 bits per heavy atom. The van der Waals surface area contributed by atoms with Gasteiger partial charge in [0.05, 0.1) is 43.0 Å². The number of hydrogen-bond donors (Lipinski definition) is 1. The summed E-state index contributed by atoms with van der Waals surface area (Å²) < 4.78 is 10.9. The first-order valence-electron chi connectivity index (χ1n) is 11.7. The van der Waals surface area contributed by atoms with Gasteiger partial charge in [0.1, 0.15) is 17.3 Å². The number of benzene rings is 3. The lowest BCUT2D eigenvalue weighted by Gasteiger charge is -2.26. The molecule has 3 aromatic rings. The van der Waals surface area contributed by atoms with Crippen molar-refractivity contribution < 1.29 is 24.2 Å². The minimum absolute atomic E-state index is 0.0630.